The quantitative estimate of drug-likeness (QED) is 0.486. The number of aliphatic hydroxyl groups is 2. The molecule has 0 aliphatic rings. The van der Waals surface area contributed by atoms with Gasteiger partial charge >= 0.3 is 0 Å². The van der Waals surface area contributed by atoms with E-state index >= 15 is 0 Å². The van der Waals surface area contributed by atoms with Crippen LogP contribution in [0.1, 0.15) is 13.3 Å². The van der Waals surface area contributed by atoms with E-state index in [0.29, 0.717) is 6.42 Å². The molecule has 104 valence electrons. The molecule has 2 N–H and O–H groups in total. The predicted octanol–water partition coefficient (Wildman–Crippen LogP) is 1.65. The minimum Gasteiger partial charge on any atom is -0.389 e. The molecule has 0 radical (unpaired) electrons. The van der Waals surface area contributed by atoms with Gasteiger partial charge in [0.05, 0.1) is 12.2 Å². The van der Waals surface area contributed by atoms with Gasteiger partial charge in [-0.25, -0.2) is 0 Å². The summed E-state index contributed by atoms with van der Waals surface area (Å²) >= 11 is 0. The second kappa shape index (κ2) is 10.0. The summed E-state index contributed by atoms with van der Waals surface area (Å²) in [7, 11) is 3.06. The van der Waals surface area contributed by atoms with Gasteiger partial charge in [-0.15, -0.1) is 6.58 Å². The topological polar surface area (TPSA) is 58.9 Å². The van der Waals surface area contributed by atoms with Crippen molar-refractivity contribution in [1.29, 1.82) is 0 Å². The fraction of sp³-hybridized carbons (Fsp3) is 0.571. The Morgan fingerprint density at radius 1 is 1.06 bits per heavy atom. The van der Waals surface area contributed by atoms with Crippen LogP contribution in [-0.4, -0.2) is 42.9 Å². The SMILES string of the molecule is C=CCC(O)/C=C/C(C)C(O)/C=C/C(OC)OC. The molecule has 18 heavy (non-hydrogen) atoms. The summed E-state index contributed by atoms with van der Waals surface area (Å²) < 4.78 is 9.94. The number of methoxy groups -OCH3 is 2. The zero-order valence-corrected chi connectivity index (χ0v) is 11.3. The lowest BCUT2D eigenvalue weighted by molar-refractivity contribution is -0.0672. The largest absolute Gasteiger partial charge is 0.389 e. The number of hydrogen-bond acceptors (Lipinski definition) is 4. The number of ether oxygens (including phenoxy) is 2. The van der Waals surface area contributed by atoms with Crippen molar-refractivity contribution in [3.05, 3.63) is 37.0 Å². The molecule has 0 aliphatic carbocycles. The fourth-order valence-electron chi connectivity index (χ4n) is 1.30. The van der Waals surface area contributed by atoms with Crippen LogP contribution in [0.2, 0.25) is 0 Å². The molecule has 0 saturated carbocycles. The van der Waals surface area contributed by atoms with Crippen LogP contribution >= 0.6 is 0 Å². The van der Waals surface area contributed by atoms with Gasteiger partial charge in [0.15, 0.2) is 6.29 Å². The summed E-state index contributed by atoms with van der Waals surface area (Å²) in [6, 6.07) is 0. The Kier molecular flexibility index (Phi) is 9.50. The highest BCUT2D eigenvalue weighted by molar-refractivity contribution is 5.02. The molecule has 0 aromatic rings. The van der Waals surface area contributed by atoms with E-state index in [4.69, 9.17) is 9.47 Å². The average molecular weight is 256 g/mol. The molecule has 0 aromatic heterocycles. The van der Waals surface area contributed by atoms with Crippen molar-refractivity contribution >= 4 is 0 Å². The molecule has 0 bridgehead atoms. The van der Waals surface area contributed by atoms with Crippen LogP contribution in [0.4, 0.5) is 0 Å². The van der Waals surface area contributed by atoms with Crippen molar-refractivity contribution in [1.82, 2.24) is 0 Å². The molecule has 4 nitrogen and oxygen atoms in total. The van der Waals surface area contributed by atoms with Gasteiger partial charge in [-0.3, -0.25) is 0 Å². The highest BCUT2D eigenvalue weighted by Crippen LogP contribution is 2.09. The van der Waals surface area contributed by atoms with Gasteiger partial charge in [0.2, 0.25) is 0 Å². The summed E-state index contributed by atoms with van der Waals surface area (Å²) in [6.45, 7) is 5.41. The molecule has 3 unspecified atom stereocenters. The Balaban J connectivity index is 4.24. The molecular formula is C14H24O4. The van der Waals surface area contributed by atoms with Crippen LogP contribution in [0.25, 0.3) is 0 Å². The van der Waals surface area contributed by atoms with Gasteiger partial charge in [-0.1, -0.05) is 31.2 Å². The molecule has 0 heterocycles. The van der Waals surface area contributed by atoms with Crippen molar-refractivity contribution in [3.8, 4) is 0 Å². The van der Waals surface area contributed by atoms with Crippen LogP contribution in [0, 0.1) is 5.92 Å². The third kappa shape index (κ3) is 7.40. The average Bonchev–Trinajstić information content (AvgIpc) is 2.37. The van der Waals surface area contributed by atoms with Crippen LogP contribution in [0.5, 0.6) is 0 Å². The van der Waals surface area contributed by atoms with Crippen molar-refractivity contribution < 1.29 is 19.7 Å². The summed E-state index contributed by atoms with van der Waals surface area (Å²) in [6.07, 6.45) is 7.20. The summed E-state index contributed by atoms with van der Waals surface area (Å²) in [4.78, 5) is 0. The normalized spacial score (nSPS) is 17.4. The Hall–Kier alpha value is -0.940. The lowest BCUT2D eigenvalue weighted by Gasteiger charge is -2.13. The van der Waals surface area contributed by atoms with E-state index < -0.39 is 18.5 Å². The molecule has 0 fully saturated rings. The Bertz CT molecular complexity index is 269. The first kappa shape index (κ1) is 17.1. The first-order valence-electron chi connectivity index (χ1n) is 5.94. The van der Waals surface area contributed by atoms with E-state index in [0.717, 1.165) is 0 Å². The Morgan fingerprint density at radius 3 is 2.17 bits per heavy atom. The smallest absolute Gasteiger partial charge is 0.176 e. The highest BCUT2D eigenvalue weighted by Gasteiger charge is 2.09. The number of rotatable bonds is 9. The molecule has 0 aromatic carbocycles. The lowest BCUT2D eigenvalue weighted by Crippen LogP contribution is -2.16. The van der Waals surface area contributed by atoms with E-state index in [1.165, 1.54) is 14.2 Å². The molecule has 3 atom stereocenters. The van der Waals surface area contributed by atoms with Gasteiger partial charge in [-0.2, -0.15) is 0 Å². The maximum absolute atomic E-state index is 9.85. The maximum atomic E-state index is 9.85. The van der Waals surface area contributed by atoms with E-state index in [9.17, 15) is 10.2 Å². The Morgan fingerprint density at radius 2 is 1.67 bits per heavy atom. The van der Waals surface area contributed by atoms with Crippen LogP contribution in [0.3, 0.4) is 0 Å². The molecule has 4 heteroatoms. The number of aliphatic hydroxyl groups excluding tert-OH is 2. The van der Waals surface area contributed by atoms with E-state index in [2.05, 4.69) is 6.58 Å². The van der Waals surface area contributed by atoms with Crippen molar-refractivity contribution in [2.24, 2.45) is 5.92 Å². The summed E-state index contributed by atoms with van der Waals surface area (Å²) in [5.74, 6) is -0.102. The third-order valence-electron chi connectivity index (χ3n) is 2.51. The van der Waals surface area contributed by atoms with Crippen molar-refractivity contribution in [2.75, 3.05) is 14.2 Å². The molecule has 0 saturated heterocycles. The standard InChI is InChI=1S/C14H24O4/c1-5-6-12(15)8-7-11(2)13(16)9-10-14(17-3)18-4/h5,7-16H,1,6H2,2-4H3/b8-7+,10-9+. The van der Waals surface area contributed by atoms with Crippen molar-refractivity contribution in [2.45, 2.75) is 31.8 Å². The third-order valence-corrected chi connectivity index (χ3v) is 2.51. The molecule has 0 aliphatic heterocycles. The van der Waals surface area contributed by atoms with Gasteiger partial charge < -0.3 is 19.7 Å². The van der Waals surface area contributed by atoms with E-state index in [-0.39, 0.29) is 5.92 Å². The van der Waals surface area contributed by atoms with Crippen LogP contribution in [-0.2, 0) is 9.47 Å². The molecule has 0 spiro atoms. The first-order chi connectivity index (χ1) is 8.54. The van der Waals surface area contributed by atoms with Gasteiger partial charge in [0, 0.05) is 20.1 Å². The minimum absolute atomic E-state index is 0.102. The Labute approximate surface area is 109 Å². The fourth-order valence-corrected chi connectivity index (χ4v) is 1.30. The summed E-state index contributed by atoms with van der Waals surface area (Å²) in [5, 5.41) is 19.3. The van der Waals surface area contributed by atoms with Gasteiger partial charge in [0.1, 0.15) is 0 Å². The second-order valence-electron chi connectivity index (χ2n) is 4.05. The van der Waals surface area contributed by atoms with E-state index in [1.54, 1.807) is 30.4 Å². The van der Waals surface area contributed by atoms with Gasteiger partial charge in [-0.05, 0) is 12.5 Å². The molecule has 0 rings (SSSR count). The highest BCUT2D eigenvalue weighted by atomic mass is 16.7. The predicted molar refractivity (Wildman–Crippen MR) is 72.1 cm³/mol. The first-order valence-corrected chi connectivity index (χ1v) is 5.94. The number of hydrogen-bond donors (Lipinski definition) is 2. The van der Waals surface area contributed by atoms with E-state index in [1.807, 2.05) is 6.92 Å². The summed E-state index contributed by atoms with van der Waals surface area (Å²) in [5.41, 5.74) is 0. The molecular weight excluding hydrogens is 232 g/mol. The maximum Gasteiger partial charge on any atom is 0.176 e. The van der Waals surface area contributed by atoms with Gasteiger partial charge in [0.25, 0.3) is 0 Å². The molecule has 0 amide bonds. The van der Waals surface area contributed by atoms with Crippen LogP contribution < -0.4 is 0 Å². The monoisotopic (exact) mass is 256 g/mol. The van der Waals surface area contributed by atoms with Crippen molar-refractivity contribution in [3.63, 3.8) is 0 Å². The zero-order chi connectivity index (χ0) is 14.0. The second-order valence-corrected chi connectivity index (χ2v) is 4.05. The van der Waals surface area contributed by atoms with Crippen LogP contribution in [0.15, 0.2) is 37.0 Å². The zero-order valence-electron chi connectivity index (χ0n) is 11.3. The minimum atomic E-state index is -0.648. The lowest BCUT2D eigenvalue weighted by atomic mass is 10.0.